The third-order valence-corrected chi connectivity index (χ3v) is 5.78. The Kier molecular flexibility index (Phi) is 13.0. The summed E-state index contributed by atoms with van der Waals surface area (Å²) in [6.07, 6.45) is 6.81. The van der Waals surface area contributed by atoms with Gasteiger partial charge in [-0.15, -0.1) is 0 Å². The zero-order valence-corrected chi connectivity index (χ0v) is 21.4. The Morgan fingerprint density at radius 3 is 2.22 bits per heavy atom. The standard InChI is InChI=1S/C29H39FO6/c1-4-5-6-7-8-9-14-34-28-13-11-24(16-26(28)30)23-10-12-27(35-19-22(17-31)18-32)25(15-23)20-36-29(33)21(2)3/h10-13,15-16,22,31-32H,2,4-9,14,17-20H2,1,3H3. The molecule has 2 aromatic carbocycles. The molecule has 0 saturated heterocycles. The molecule has 6 nitrogen and oxygen atoms in total. The lowest BCUT2D eigenvalue weighted by molar-refractivity contribution is -0.140. The summed E-state index contributed by atoms with van der Waals surface area (Å²) >= 11 is 0. The molecule has 2 aromatic rings. The first-order valence-corrected chi connectivity index (χ1v) is 12.6. The van der Waals surface area contributed by atoms with E-state index < -0.39 is 17.7 Å². The number of rotatable bonds is 17. The van der Waals surface area contributed by atoms with Gasteiger partial charge in [-0.2, -0.15) is 0 Å². The SMILES string of the molecule is C=C(C)C(=O)OCc1cc(-c2ccc(OCCCCCCCC)c(F)c2)ccc1OCC(CO)CO. The van der Waals surface area contributed by atoms with Crippen molar-refractivity contribution in [3.63, 3.8) is 0 Å². The first kappa shape index (κ1) is 29.3. The summed E-state index contributed by atoms with van der Waals surface area (Å²) in [5, 5.41) is 18.6. The highest BCUT2D eigenvalue weighted by Crippen LogP contribution is 2.30. The summed E-state index contributed by atoms with van der Waals surface area (Å²) in [6.45, 7) is 7.38. The van der Waals surface area contributed by atoms with E-state index in [4.69, 9.17) is 14.2 Å². The highest BCUT2D eigenvalue weighted by atomic mass is 19.1. The van der Waals surface area contributed by atoms with Crippen LogP contribution in [0.15, 0.2) is 48.6 Å². The molecular formula is C29H39FO6. The van der Waals surface area contributed by atoms with Gasteiger partial charge in [-0.05, 0) is 48.7 Å². The number of hydrogen-bond acceptors (Lipinski definition) is 6. The van der Waals surface area contributed by atoms with Gasteiger partial charge < -0.3 is 24.4 Å². The summed E-state index contributed by atoms with van der Waals surface area (Å²) in [7, 11) is 0. The monoisotopic (exact) mass is 502 g/mol. The second kappa shape index (κ2) is 16.0. The number of benzene rings is 2. The number of hydrogen-bond donors (Lipinski definition) is 2. The first-order chi connectivity index (χ1) is 17.4. The lowest BCUT2D eigenvalue weighted by Gasteiger charge is -2.17. The van der Waals surface area contributed by atoms with Crippen LogP contribution in [0.1, 0.15) is 57.9 Å². The van der Waals surface area contributed by atoms with Gasteiger partial charge in [0.25, 0.3) is 0 Å². The Hall–Kier alpha value is -2.90. The van der Waals surface area contributed by atoms with Crippen molar-refractivity contribution in [1.82, 2.24) is 0 Å². The van der Waals surface area contributed by atoms with Crippen LogP contribution in [0, 0.1) is 11.7 Å². The zero-order valence-electron chi connectivity index (χ0n) is 21.4. The minimum Gasteiger partial charge on any atom is -0.493 e. The van der Waals surface area contributed by atoms with E-state index in [-0.39, 0.29) is 37.8 Å². The Morgan fingerprint density at radius 1 is 0.944 bits per heavy atom. The Balaban J connectivity index is 2.11. The molecule has 0 heterocycles. The van der Waals surface area contributed by atoms with Crippen LogP contribution in [0.4, 0.5) is 4.39 Å². The lowest BCUT2D eigenvalue weighted by Crippen LogP contribution is -2.20. The van der Waals surface area contributed by atoms with E-state index >= 15 is 0 Å². The number of ether oxygens (including phenoxy) is 3. The molecule has 0 aliphatic rings. The molecular weight excluding hydrogens is 463 g/mol. The van der Waals surface area contributed by atoms with Crippen LogP contribution in [0.2, 0.25) is 0 Å². The van der Waals surface area contributed by atoms with Crippen molar-refractivity contribution in [3.8, 4) is 22.6 Å². The van der Waals surface area contributed by atoms with Crippen molar-refractivity contribution >= 4 is 5.97 Å². The Labute approximate surface area is 213 Å². The van der Waals surface area contributed by atoms with Gasteiger partial charge in [0.05, 0.1) is 26.4 Å². The quantitative estimate of drug-likeness (QED) is 0.161. The summed E-state index contributed by atoms with van der Waals surface area (Å²) in [6, 6.07) is 10.1. The summed E-state index contributed by atoms with van der Waals surface area (Å²) in [4.78, 5) is 11.9. The molecule has 0 saturated carbocycles. The average Bonchev–Trinajstić information content (AvgIpc) is 2.88. The van der Waals surface area contributed by atoms with E-state index in [0.29, 0.717) is 29.0 Å². The number of esters is 1. The molecule has 198 valence electrons. The van der Waals surface area contributed by atoms with E-state index in [9.17, 15) is 19.4 Å². The largest absolute Gasteiger partial charge is 0.493 e. The number of unbranched alkanes of at least 4 members (excludes halogenated alkanes) is 5. The number of carbonyl (C=O) groups is 1. The van der Waals surface area contributed by atoms with Gasteiger partial charge in [-0.3, -0.25) is 0 Å². The molecule has 0 unspecified atom stereocenters. The van der Waals surface area contributed by atoms with Gasteiger partial charge in [-0.25, -0.2) is 9.18 Å². The molecule has 0 atom stereocenters. The maximum atomic E-state index is 14.7. The van der Waals surface area contributed by atoms with Crippen molar-refractivity contribution in [2.45, 2.75) is 59.0 Å². The molecule has 0 bridgehead atoms. The van der Waals surface area contributed by atoms with Gasteiger partial charge >= 0.3 is 5.97 Å². The zero-order chi connectivity index (χ0) is 26.3. The fraction of sp³-hybridized carbons (Fsp3) is 0.483. The molecule has 0 radical (unpaired) electrons. The third-order valence-electron chi connectivity index (χ3n) is 5.78. The van der Waals surface area contributed by atoms with Crippen molar-refractivity contribution in [1.29, 1.82) is 0 Å². The minimum absolute atomic E-state index is 0.0697. The second-order valence-corrected chi connectivity index (χ2v) is 8.98. The van der Waals surface area contributed by atoms with Gasteiger partial charge in [-0.1, -0.05) is 57.7 Å². The van der Waals surface area contributed by atoms with Gasteiger partial charge in [0.2, 0.25) is 0 Å². The van der Waals surface area contributed by atoms with E-state index in [2.05, 4.69) is 13.5 Å². The fourth-order valence-electron chi connectivity index (χ4n) is 3.51. The smallest absolute Gasteiger partial charge is 0.333 e. The second-order valence-electron chi connectivity index (χ2n) is 8.98. The molecule has 0 spiro atoms. The number of halogens is 1. The maximum absolute atomic E-state index is 14.7. The number of aliphatic hydroxyl groups excluding tert-OH is 2. The van der Waals surface area contributed by atoms with Crippen LogP contribution in [-0.2, 0) is 16.1 Å². The Morgan fingerprint density at radius 2 is 1.58 bits per heavy atom. The van der Waals surface area contributed by atoms with Crippen LogP contribution in [0.25, 0.3) is 11.1 Å². The topological polar surface area (TPSA) is 85.2 Å². The van der Waals surface area contributed by atoms with Crippen molar-refractivity contribution in [3.05, 3.63) is 59.9 Å². The molecule has 0 fully saturated rings. The minimum atomic E-state index is -0.534. The van der Waals surface area contributed by atoms with Crippen molar-refractivity contribution < 1.29 is 33.6 Å². The molecule has 2 rings (SSSR count). The number of carbonyl (C=O) groups excluding carboxylic acids is 1. The Bertz CT molecular complexity index is 970. The maximum Gasteiger partial charge on any atom is 0.333 e. The van der Waals surface area contributed by atoms with Crippen LogP contribution in [-0.4, -0.2) is 42.6 Å². The first-order valence-electron chi connectivity index (χ1n) is 12.6. The third kappa shape index (κ3) is 9.63. The fourth-order valence-corrected chi connectivity index (χ4v) is 3.51. The van der Waals surface area contributed by atoms with Crippen LogP contribution >= 0.6 is 0 Å². The normalized spacial score (nSPS) is 10.9. The van der Waals surface area contributed by atoms with E-state index in [1.165, 1.54) is 31.7 Å². The molecule has 2 N–H and O–H groups in total. The summed E-state index contributed by atoms with van der Waals surface area (Å²) in [5.74, 6) is -0.745. The molecule has 36 heavy (non-hydrogen) atoms. The molecule has 0 amide bonds. The average molecular weight is 503 g/mol. The van der Waals surface area contributed by atoms with Crippen LogP contribution in [0.3, 0.4) is 0 Å². The summed E-state index contributed by atoms with van der Waals surface area (Å²) < 4.78 is 31.4. The lowest BCUT2D eigenvalue weighted by atomic mass is 10.0. The molecule has 0 aliphatic carbocycles. The molecule has 7 heteroatoms. The highest BCUT2D eigenvalue weighted by molar-refractivity contribution is 5.87. The van der Waals surface area contributed by atoms with E-state index in [1.807, 2.05) is 0 Å². The molecule has 0 aliphatic heterocycles. The van der Waals surface area contributed by atoms with E-state index in [1.54, 1.807) is 37.3 Å². The van der Waals surface area contributed by atoms with Gasteiger partial charge in [0.15, 0.2) is 11.6 Å². The molecule has 0 aromatic heterocycles. The van der Waals surface area contributed by atoms with Crippen LogP contribution < -0.4 is 9.47 Å². The van der Waals surface area contributed by atoms with Gasteiger partial charge in [0, 0.05) is 17.1 Å². The predicted octanol–water partition coefficient (Wildman–Crippen LogP) is 5.83. The van der Waals surface area contributed by atoms with Crippen LogP contribution in [0.5, 0.6) is 11.5 Å². The summed E-state index contributed by atoms with van der Waals surface area (Å²) in [5.41, 5.74) is 2.20. The van der Waals surface area contributed by atoms with Gasteiger partial charge in [0.1, 0.15) is 12.4 Å². The van der Waals surface area contributed by atoms with Crippen molar-refractivity contribution in [2.24, 2.45) is 5.92 Å². The number of aliphatic hydroxyl groups is 2. The highest BCUT2D eigenvalue weighted by Gasteiger charge is 2.14. The predicted molar refractivity (Wildman–Crippen MR) is 138 cm³/mol. The van der Waals surface area contributed by atoms with E-state index in [0.717, 1.165) is 12.8 Å². The van der Waals surface area contributed by atoms with Crippen molar-refractivity contribution in [2.75, 3.05) is 26.4 Å².